The first-order valence-electron chi connectivity index (χ1n) is 7.77. The Balaban J connectivity index is 1.86. The molecule has 3 nitrogen and oxygen atoms in total. The molecule has 114 valence electrons. The van der Waals surface area contributed by atoms with Crippen molar-refractivity contribution in [3.05, 3.63) is 23.8 Å². The van der Waals surface area contributed by atoms with Gasteiger partial charge in [-0.3, -0.25) is 0 Å². The van der Waals surface area contributed by atoms with Crippen LogP contribution in [0.2, 0.25) is 0 Å². The van der Waals surface area contributed by atoms with E-state index in [2.05, 4.69) is 59.7 Å². The largest absolute Gasteiger partial charge is 0.494 e. The van der Waals surface area contributed by atoms with Crippen molar-refractivity contribution in [1.29, 1.82) is 0 Å². The second-order valence-electron chi connectivity index (χ2n) is 7.82. The van der Waals surface area contributed by atoms with Crippen molar-refractivity contribution >= 4 is 12.6 Å². The van der Waals surface area contributed by atoms with Crippen LogP contribution in [0.3, 0.4) is 0 Å². The SMILES string of the molecule is CC1(C)CCc2cc(B3OC(C)(C)C(C)(C)O3)ccc2O1. The van der Waals surface area contributed by atoms with Crippen molar-refractivity contribution in [2.24, 2.45) is 0 Å². The van der Waals surface area contributed by atoms with Crippen LogP contribution in [0, 0.1) is 0 Å². The van der Waals surface area contributed by atoms with Crippen molar-refractivity contribution in [1.82, 2.24) is 0 Å². The van der Waals surface area contributed by atoms with Gasteiger partial charge in [-0.15, -0.1) is 0 Å². The van der Waals surface area contributed by atoms with Crippen LogP contribution in [0.4, 0.5) is 0 Å². The highest BCUT2D eigenvalue weighted by Gasteiger charge is 2.51. The molecule has 3 rings (SSSR count). The van der Waals surface area contributed by atoms with E-state index in [0.717, 1.165) is 24.1 Å². The molecule has 0 radical (unpaired) electrons. The number of aryl methyl sites for hydroxylation is 1. The molecule has 1 saturated heterocycles. The van der Waals surface area contributed by atoms with Crippen LogP contribution in [0.5, 0.6) is 5.75 Å². The summed E-state index contributed by atoms with van der Waals surface area (Å²) in [5.41, 5.74) is 1.66. The van der Waals surface area contributed by atoms with Crippen molar-refractivity contribution in [3.8, 4) is 5.75 Å². The van der Waals surface area contributed by atoms with Crippen LogP contribution >= 0.6 is 0 Å². The van der Waals surface area contributed by atoms with E-state index in [1.807, 2.05) is 0 Å². The Bertz CT molecular complexity index is 547. The van der Waals surface area contributed by atoms with E-state index in [1.54, 1.807) is 0 Å². The van der Waals surface area contributed by atoms with Gasteiger partial charge in [0.25, 0.3) is 0 Å². The Morgan fingerprint density at radius 2 is 1.57 bits per heavy atom. The second kappa shape index (κ2) is 4.50. The van der Waals surface area contributed by atoms with Gasteiger partial charge in [-0.1, -0.05) is 12.1 Å². The fourth-order valence-electron chi connectivity index (χ4n) is 2.80. The molecule has 1 fully saturated rings. The van der Waals surface area contributed by atoms with Crippen molar-refractivity contribution in [2.75, 3.05) is 0 Å². The van der Waals surface area contributed by atoms with Crippen LogP contribution in [-0.2, 0) is 15.7 Å². The van der Waals surface area contributed by atoms with Crippen molar-refractivity contribution in [2.45, 2.75) is 71.2 Å². The third-order valence-electron chi connectivity index (χ3n) is 4.99. The summed E-state index contributed by atoms with van der Waals surface area (Å²) in [5, 5.41) is 0. The zero-order chi connectivity index (χ0) is 15.5. The summed E-state index contributed by atoms with van der Waals surface area (Å²) in [4.78, 5) is 0. The number of hydrogen-bond donors (Lipinski definition) is 0. The minimum Gasteiger partial charge on any atom is -0.488 e. The van der Waals surface area contributed by atoms with E-state index in [0.29, 0.717) is 0 Å². The maximum atomic E-state index is 6.12. The van der Waals surface area contributed by atoms with E-state index in [9.17, 15) is 0 Å². The lowest BCUT2D eigenvalue weighted by atomic mass is 9.77. The average molecular weight is 288 g/mol. The summed E-state index contributed by atoms with van der Waals surface area (Å²) in [6.07, 6.45) is 2.07. The van der Waals surface area contributed by atoms with Gasteiger partial charge >= 0.3 is 7.12 Å². The Hall–Kier alpha value is -0.995. The molecular weight excluding hydrogens is 263 g/mol. The molecule has 1 aromatic carbocycles. The molecule has 0 N–H and O–H groups in total. The van der Waals surface area contributed by atoms with Gasteiger partial charge in [0.1, 0.15) is 11.4 Å². The molecule has 1 aromatic rings. The summed E-state index contributed by atoms with van der Waals surface area (Å²) >= 11 is 0. The van der Waals surface area contributed by atoms with Gasteiger partial charge in [0, 0.05) is 0 Å². The number of rotatable bonds is 1. The molecule has 0 aromatic heterocycles. The van der Waals surface area contributed by atoms with Gasteiger partial charge in [-0.05, 0) is 71.5 Å². The minimum absolute atomic E-state index is 0.0706. The lowest BCUT2D eigenvalue weighted by Gasteiger charge is -2.32. The summed E-state index contributed by atoms with van der Waals surface area (Å²) < 4.78 is 18.3. The van der Waals surface area contributed by atoms with Crippen LogP contribution in [0.15, 0.2) is 18.2 Å². The van der Waals surface area contributed by atoms with Crippen molar-refractivity contribution < 1.29 is 14.0 Å². The van der Waals surface area contributed by atoms with E-state index >= 15 is 0 Å². The molecule has 0 spiro atoms. The molecule has 0 saturated carbocycles. The number of hydrogen-bond acceptors (Lipinski definition) is 3. The molecule has 21 heavy (non-hydrogen) atoms. The van der Waals surface area contributed by atoms with Crippen LogP contribution in [-0.4, -0.2) is 23.9 Å². The number of benzene rings is 1. The van der Waals surface area contributed by atoms with Crippen LogP contribution in [0.1, 0.15) is 53.5 Å². The molecule has 0 aliphatic carbocycles. The number of fused-ring (bicyclic) bond motifs is 1. The monoisotopic (exact) mass is 288 g/mol. The first-order chi connectivity index (χ1) is 9.60. The highest BCUT2D eigenvalue weighted by molar-refractivity contribution is 6.62. The van der Waals surface area contributed by atoms with E-state index in [-0.39, 0.29) is 23.9 Å². The summed E-state index contributed by atoms with van der Waals surface area (Å²) in [6.45, 7) is 12.6. The first-order valence-corrected chi connectivity index (χ1v) is 7.77. The lowest BCUT2D eigenvalue weighted by molar-refractivity contribution is 0.00578. The molecule has 4 heteroatoms. The van der Waals surface area contributed by atoms with Crippen LogP contribution in [0.25, 0.3) is 0 Å². The minimum atomic E-state index is -0.300. The van der Waals surface area contributed by atoms with Gasteiger partial charge in [0.05, 0.1) is 11.2 Å². The standard InChI is InChI=1S/C17H25BO3/c1-15(2)10-9-12-11-13(7-8-14(12)19-15)18-20-16(3,4)17(5,6)21-18/h7-8,11H,9-10H2,1-6H3. The molecule has 2 aliphatic heterocycles. The first kappa shape index (κ1) is 14.9. The number of ether oxygens (including phenoxy) is 1. The molecule has 2 aliphatic rings. The fraction of sp³-hybridized carbons (Fsp3) is 0.647. The van der Waals surface area contributed by atoms with E-state index < -0.39 is 0 Å². The quantitative estimate of drug-likeness (QED) is 0.743. The molecule has 0 unspecified atom stereocenters. The fourth-order valence-corrected chi connectivity index (χ4v) is 2.80. The summed E-state index contributed by atoms with van der Waals surface area (Å²) in [5.74, 6) is 0.992. The predicted octanol–water partition coefficient (Wildman–Crippen LogP) is 3.09. The zero-order valence-electron chi connectivity index (χ0n) is 13.9. The van der Waals surface area contributed by atoms with Gasteiger partial charge in [0.15, 0.2) is 0 Å². The van der Waals surface area contributed by atoms with Gasteiger partial charge < -0.3 is 14.0 Å². The third kappa shape index (κ3) is 2.60. The Morgan fingerprint density at radius 3 is 2.19 bits per heavy atom. The van der Waals surface area contributed by atoms with Crippen molar-refractivity contribution in [3.63, 3.8) is 0 Å². The van der Waals surface area contributed by atoms with E-state index in [4.69, 9.17) is 14.0 Å². The molecule has 0 amide bonds. The molecule has 0 atom stereocenters. The molecular formula is C17H25BO3. The smallest absolute Gasteiger partial charge is 0.488 e. The Labute approximate surface area is 128 Å². The highest BCUT2D eigenvalue weighted by Crippen LogP contribution is 2.37. The topological polar surface area (TPSA) is 27.7 Å². The van der Waals surface area contributed by atoms with E-state index in [1.165, 1.54) is 5.56 Å². The maximum absolute atomic E-state index is 6.12. The summed E-state index contributed by atoms with van der Waals surface area (Å²) in [6, 6.07) is 6.28. The normalized spacial score (nSPS) is 25.3. The summed E-state index contributed by atoms with van der Waals surface area (Å²) in [7, 11) is -0.296. The van der Waals surface area contributed by atoms with Crippen LogP contribution < -0.4 is 10.2 Å². The van der Waals surface area contributed by atoms with Gasteiger partial charge in [-0.2, -0.15) is 0 Å². The zero-order valence-corrected chi connectivity index (χ0v) is 13.9. The Morgan fingerprint density at radius 1 is 0.952 bits per heavy atom. The lowest BCUT2D eigenvalue weighted by Crippen LogP contribution is -2.41. The maximum Gasteiger partial charge on any atom is 0.494 e. The van der Waals surface area contributed by atoms with Gasteiger partial charge in [0.2, 0.25) is 0 Å². The highest BCUT2D eigenvalue weighted by atomic mass is 16.7. The molecule has 0 bridgehead atoms. The average Bonchev–Trinajstić information content (AvgIpc) is 2.57. The second-order valence-corrected chi connectivity index (χ2v) is 7.82. The molecule has 2 heterocycles. The Kier molecular flexibility index (Phi) is 3.20. The van der Waals surface area contributed by atoms with Gasteiger partial charge in [-0.25, -0.2) is 0 Å². The third-order valence-corrected chi connectivity index (χ3v) is 4.99. The predicted molar refractivity (Wildman–Crippen MR) is 85.2 cm³/mol.